The highest BCUT2D eigenvalue weighted by atomic mass is 16.1. The number of carbonyl (C=O) groups is 1. The van der Waals surface area contributed by atoms with E-state index in [9.17, 15) is 4.79 Å². The van der Waals surface area contributed by atoms with E-state index in [-0.39, 0.29) is 5.91 Å². The van der Waals surface area contributed by atoms with Crippen molar-refractivity contribution in [1.29, 1.82) is 0 Å². The van der Waals surface area contributed by atoms with Gasteiger partial charge in [0, 0.05) is 26.7 Å². The van der Waals surface area contributed by atoms with Crippen molar-refractivity contribution in [2.75, 3.05) is 51.2 Å². The number of amides is 1. The molecule has 0 unspecified atom stereocenters. The monoisotopic (exact) mass is 292 g/mol. The number of hydrogen-bond acceptors (Lipinski definition) is 6. The van der Waals surface area contributed by atoms with Crippen LogP contribution in [0.5, 0.6) is 0 Å². The van der Waals surface area contributed by atoms with Crippen LogP contribution in [0.1, 0.15) is 23.3 Å². The molecule has 2 heterocycles. The van der Waals surface area contributed by atoms with Crippen LogP contribution in [0.2, 0.25) is 0 Å². The molecular formula is C14H24N6O. The van der Waals surface area contributed by atoms with Gasteiger partial charge in [-0.25, -0.2) is 0 Å². The first-order chi connectivity index (χ1) is 10.2. The first kappa shape index (κ1) is 15.7. The molecule has 0 aliphatic carbocycles. The minimum Gasteiger partial charge on any atom is -0.354 e. The van der Waals surface area contributed by atoms with E-state index in [4.69, 9.17) is 5.73 Å². The Labute approximate surface area is 125 Å². The van der Waals surface area contributed by atoms with Gasteiger partial charge in [-0.15, -0.1) is 10.2 Å². The normalized spacial score (nSPS) is 16.6. The zero-order valence-electron chi connectivity index (χ0n) is 12.6. The van der Waals surface area contributed by atoms with Crippen molar-refractivity contribution in [2.24, 2.45) is 5.73 Å². The summed E-state index contributed by atoms with van der Waals surface area (Å²) >= 11 is 0. The Morgan fingerprint density at radius 1 is 1.29 bits per heavy atom. The largest absolute Gasteiger partial charge is 0.354 e. The molecule has 116 valence electrons. The van der Waals surface area contributed by atoms with Gasteiger partial charge in [0.1, 0.15) is 0 Å². The molecule has 1 aliphatic heterocycles. The van der Waals surface area contributed by atoms with Crippen LogP contribution in [0.3, 0.4) is 0 Å². The first-order valence-corrected chi connectivity index (χ1v) is 7.48. The van der Waals surface area contributed by atoms with E-state index in [0.29, 0.717) is 5.69 Å². The van der Waals surface area contributed by atoms with Gasteiger partial charge in [-0.2, -0.15) is 0 Å². The zero-order chi connectivity index (χ0) is 15.1. The van der Waals surface area contributed by atoms with E-state index in [1.165, 1.54) is 0 Å². The molecule has 1 aliphatic rings. The lowest BCUT2D eigenvalue weighted by Gasteiger charge is -2.22. The third kappa shape index (κ3) is 4.37. The maximum Gasteiger partial charge on any atom is 0.271 e. The molecule has 7 heteroatoms. The Hall–Kier alpha value is -1.73. The van der Waals surface area contributed by atoms with E-state index < -0.39 is 0 Å². The molecule has 2 rings (SSSR count). The van der Waals surface area contributed by atoms with Gasteiger partial charge >= 0.3 is 0 Å². The van der Waals surface area contributed by atoms with Crippen molar-refractivity contribution in [3.8, 4) is 0 Å². The number of carbonyl (C=O) groups excluding carboxylic acids is 1. The van der Waals surface area contributed by atoms with Crippen LogP contribution in [0.25, 0.3) is 0 Å². The molecule has 0 saturated carbocycles. The Morgan fingerprint density at radius 3 is 2.81 bits per heavy atom. The summed E-state index contributed by atoms with van der Waals surface area (Å²) in [6, 6.07) is 3.59. The van der Waals surface area contributed by atoms with Gasteiger partial charge in [-0.3, -0.25) is 4.79 Å². The summed E-state index contributed by atoms with van der Waals surface area (Å²) in [6.07, 6.45) is 2.14. The lowest BCUT2D eigenvalue weighted by Crippen LogP contribution is -2.32. The highest BCUT2D eigenvalue weighted by Crippen LogP contribution is 2.13. The Morgan fingerprint density at radius 2 is 2.14 bits per heavy atom. The number of hydrogen-bond donors (Lipinski definition) is 2. The molecule has 0 radical (unpaired) electrons. The lowest BCUT2D eigenvalue weighted by atomic mass is 10.3. The van der Waals surface area contributed by atoms with Crippen LogP contribution >= 0.6 is 0 Å². The van der Waals surface area contributed by atoms with E-state index in [2.05, 4.69) is 25.3 Å². The Kier molecular flexibility index (Phi) is 5.89. The molecule has 1 aromatic heterocycles. The van der Waals surface area contributed by atoms with Gasteiger partial charge in [0.05, 0.1) is 0 Å². The molecule has 1 amide bonds. The standard InChI is InChI=1S/C14H24N6O/c1-16-14(21)12-4-5-13(18-17-12)20-9-3-8-19(10-11-20)7-2-6-15/h4-5H,2-3,6-11,15H2,1H3,(H,16,21). The van der Waals surface area contributed by atoms with Crippen molar-refractivity contribution in [3.05, 3.63) is 17.8 Å². The van der Waals surface area contributed by atoms with Crippen molar-refractivity contribution >= 4 is 11.7 Å². The predicted octanol–water partition coefficient (Wildman–Crippen LogP) is -0.303. The summed E-state index contributed by atoms with van der Waals surface area (Å²) in [7, 11) is 1.59. The predicted molar refractivity (Wildman–Crippen MR) is 82.4 cm³/mol. The summed E-state index contributed by atoms with van der Waals surface area (Å²) in [5, 5.41) is 10.7. The molecule has 0 atom stereocenters. The molecule has 3 N–H and O–H groups in total. The Bertz CT molecular complexity index is 449. The molecule has 0 spiro atoms. The number of nitrogens with zero attached hydrogens (tertiary/aromatic N) is 4. The molecule has 0 bridgehead atoms. The first-order valence-electron chi connectivity index (χ1n) is 7.48. The maximum atomic E-state index is 11.5. The molecule has 1 aromatic rings. The Balaban J connectivity index is 1.94. The third-order valence-electron chi connectivity index (χ3n) is 3.70. The molecule has 21 heavy (non-hydrogen) atoms. The van der Waals surface area contributed by atoms with Crippen molar-refractivity contribution in [3.63, 3.8) is 0 Å². The van der Waals surface area contributed by atoms with Crippen LogP contribution in [0, 0.1) is 0 Å². The lowest BCUT2D eigenvalue weighted by molar-refractivity contribution is 0.0957. The van der Waals surface area contributed by atoms with Crippen LogP contribution < -0.4 is 16.0 Å². The topological polar surface area (TPSA) is 87.4 Å². The van der Waals surface area contributed by atoms with Crippen LogP contribution in [0.4, 0.5) is 5.82 Å². The van der Waals surface area contributed by atoms with Crippen molar-refractivity contribution < 1.29 is 4.79 Å². The van der Waals surface area contributed by atoms with Gasteiger partial charge in [0.25, 0.3) is 5.91 Å². The molecular weight excluding hydrogens is 268 g/mol. The summed E-state index contributed by atoms with van der Waals surface area (Å²) in [4.78, 5) is 16.1. The molecule has 1 fully saturated rings. The summed E-state index contributed by atoms with van der Waals surface area (Å²) < 4.78 is 0. The van der Waals surface area contributed by atoms with Gasteiger partial charge in [-0.05, 0) is 44.6 Å². The van der Waals surface area contributed by atoms with Gasteiger partial charge in [0.15, 0.2) is 11.5 Å². The van der Waals surface area contributed by atoms with Crippen LogP contribution in [-0.2, 0) is 0 Å². The van der Waals surface area contributed by atoms with E-state index in [1.54, 1.807) is 13.1 Å². The summed E-state index contributed by atoms with van der Waals surface area (Å²) in [5.41, 5.74) is 5.91. The maximum absolute atomic E-state index is 11.5. The fourth-order valence-electron chi connectivity index (χ4n) is 2.48. The average Bonchev–Trinajstić information content (AvgIpc) is 2.78. The van der Waals surface area contributed by atoms with Gasteiger partial charge in [0.2, 0.25) is 0 Å². The number of nitrogens with two attached hydrogens (primary N) is 1. The third-order valence-corrected chi connectivity index (χ3v) is 3.70. The minimum absolute atomic E-state index is 0.210. The number of rotatable bonds is 5. The second kappa shape index (κ2) is 7.90. The van der Waals surface area contributed by atoms with Crippen molar-refractivity contribution in [1.82, 2.24) is 20.4 Å². The fourth-order valence-corrected chi connectivity index (χ4v) is 2.48. The second-order valence-electron chi connectivity index (χ2n) is 5.18. The zero-order valence-corrected chi connectivity index (χ0v) is 12.6. The minimum atomic E-state index is -0.210. The molecule has 1 saturated heterocycles. The molecule has 0 aromatic carbocycles. The average molecular weight is 292 g/mol. The fraction of sp³-hybridized carbons (Fsp3) is 0.643. The number of aromatic nitrogens is 2. The number of nitrogens with one attached hydrogen (secondary N) is 1. The second-order valence-corrected chi connectivity index (χ2v) is 5.18. The van der Waals surface area contributed by atoms with E-state index in [1.807, 2.05) is 6.07 Å². The summed E-state index contributed by atoms with van der Waals surface area (Å²) in [5.74, 6) is 0.626. The summed E-state index contributed by atoms with van der Waals surface area (Å²) in [6.45, 7) is 5.81. The SMILES string of the molecule is CNC(=O)c1ccc(N2CCCN(CCCN)CC2)nn1. The quantitative estimate of drug-likeness (QED) is 0.774. The van der Waals surface area contributed by atoms with Crippen molar-refractivity contribution in [2.45, 2.75) is 12.8 Å². The highest BCUT2D eigenvalue weighted by molar-refractivity contribution is 5.91. The van der Waals surface area contributed by atoms with E-state index >= 15 is 0 Å². The molecule has 7 nitrogen and oxygen atoms in total. The van der Waals surface area contributed by atoms with Crippen LogP contribution in [0.15, 0.2) is 12.1 Å². The number of anilines is 1. The highest BCUT2D eigenvalue weighted by Gasteiger charge is 2.16. The van der Waals surface area contributed by atoms with Gasteiger partial charge < -0.3 is 20.9 Å². The van der Waals surface area contributed by atoms with Crippen LogP contribution in [-0.4, -0.2) is 67.3 Å². The van der Waals surface area contributed by atoms with E-state index in [0.717, 1.165) is 57.9 Å². The smallest absolute Gasteiger partial charge is 0.271 e. The van der Waals surface area contributed by atoms with Gasteiger partial charge in [-0.1, -0.05) is 0 Å².